The van der Waals surface area contributed by atoms with Crippen molar-refractivity contribution in [3.63, 3.8) is 0 Å². The molecule has 0 atom stereocenters. The minimum Gasteiger partial charge on any atom is -0.353 e. The molecule has 132 valence electrons. The van der Waals surface area contributed by atoms with Crippen molar-refractivity contribution in [1.29, 1.82) is 0 Å². The standard InChI is InChI=1S/C20H37N3/c1-7-10-17-15-21-16-22-19(17)23(14-13-20(4,5)6)18(11-8-2)12-9-3/h15-16,18H,7-14H2,1-6H3. The van der Waals surface area contributed by atoms with Gasteiger partial charge in [0.1, 0.15) is 12.1 Å². The summed E-state index contributed by atoms with van der Waals surface area (Å²) in [6.07, 6.45) is 12.1. The molecule has 3 nitrogen and oxygen atoms in total. The number of hydrogen-bond donors (Lipinski definition) is 0. The van der Waals surface area contributed by atoms with E-state index in [0.29, 0.717) is 11.5 Å². The molecule has 0 amide bonds. The van der Waals surface area contributed by atoms with E-state index in [1.165, 1.54) is 43.5 Å². The minimum absolute atomic E-state index is 0.346. The predicted molar refractivity (Wildman–Crippen MR) is 101 cm³/mol. The van der Waals surface area contributed by atoms with Crippen LogP contribution in [0.1, 0.15) is 85.6 Å². The molecule has 1 heterocycles. The van der Waals surface area contributed by atoms with Crippen LogP contribution >= 0.6 is 0 Å². The van der Waals surface area contributed by atoms with Crippen LogP contribution in [0.2, 0.25) is 0 Å². The van der Waals surface area contributed by atoms with Gasteiger partial charge < -0.3 is 4.90 Å². The first-order chi connectivity index (χ1) is 10.9. The van der Waals surface area contributed by atoms with Crippen LogP contribution in [-0.4, -0.2) is 22.6 Å². The Morgan fingerprint density at radius 2 is 1.70 bits per heavy atom. The summed E-state index contributed by atoms with van der Waals surface area (Å²) in [5, 5.41) is 0. The highest BCUT2D eigenvalue weighted by Crippen LogP contribution is 2.28. The van der Waals surface area contributed by atoms with Crippen molar-refractivity contribution in [2.45, 2.75) is 92.5 Å². The lowest BCUT2D eigenvalue weighted by molar-refractivity contribution is 0.364. The van der Waals surface area contributed by atoms with Gasteiger partial charge in [-0.15, -0.1) is 0 Å². The van der Waals surface area contributed by atoms with Crippen molar-refractivity contribution in [3.8, 4) is 0 Å². The zero-order valence-electron chi connectivity index (χ0n) is 16.2. The van der Waals surface area contributed by atoms with E-state index in [9.17, 15) is 0 Å². The summed E-state index contributed by atoms with van der Waals surface area (Å²) in [4.78, 5) is 11.6. The summed E-state index contributed by atoms with van der Waals surface area (Å²) in [7, 11) is 0. The maximum Gasteiger partial charge on any atom is 0.135 e. The first kappa shape index (κ1) is 19.9. The van der Waals surface area contributed by atoms with E-state index in [-0.39, 0.29) is 0 Å². The quantitative estimate of drug-likeness (QED) is 0.559. The molecule has 0 spiro atoms. The largest absolute Gasteiger partial charge is 0.353 e. The maximum atomic E-state index is 4.70. The molecule has 0 saturated heterocycles. The smallest absolute Gasteiger partial charge is 0.135 e. The lowest BCUT2D eigenvalue weighted by Gasteiger charge is -2.36. The molecular formula is C20H37N3. The molecule has 0 aliphatic heterocycles. The van der Waals surface area contributed by atoms with Gasteiger partial charge in [0.15, 0.2) is 0 Å². The van der Waals surface area contributed by atoms with Crippen LogP contribution < -0.4 is 4.90 Å². The second-order valence-electron chi connectivity index (χ2n) is 7.86. The molecule has 0 aliphatic rings. The molecule has 1 aromatic heterocycles. The van der Waals surface area contributed by atoms with Gasteiger partial charge in [-0.1, -0.05) is 60.8 Å². The molecular weight excluding hydrogens is 282 g/mol. The molecule has 0 unspecified atom stereocenters. The van der Waals surface area contributed by atoms with Crippen molar-refractivity contribution < 1.29 is 0 Å². The first-order valence-corrected chi connectivity index (χ1v) is 9.48. The summed E-state index contributed by atoms with van der Waals surface area (Å²) in [6, 6.07) is 0.595. The van der Waals surface area contributed by atoms with Crippen LogP contribution in [0, 0.1) is 5.41 Å². The predicted octanol–water partition coefficient (Wildman–Crippen LogP) is 5.64. The third-order valence-corrected chi connectivity index (χ3v) is 4.34. The van der Waals surface area contributed by atoms with E-state index in [0.717, 1.165) is 19.4 Å². The van der Waals surface area contributed by atoms with E-state index in [4.69, 9.17) is 4.98 Å². The zero-order chi connectivity index (χ0) is 17.3. The third kappa shape index (κ3) is 6.88. The van der Waals surface area contributed by atoms with E-state index in [1.54, 1.807) is 6.33 Å². The summed E-state index contributed by atoms with van der Waals surface area (Å²) < 4.78 is 0. The van der Waals surface area contributed by atoms with Crippen molar-refractivity contribution in [2.24, 2.45) is 5.41 Å². The fourth-order valence-electron chi connectivity index (χ4n) is 3.10. The van der Waals surface area contributed by atoms with Crippen LogP contribution in [-0.2, 0) is 6.42 Å². The molecule has 0 aromatic carbocycles. The van der Waals surface area contributed by atoms with Crippen LogP contribution in [0.4, 0.5) is 5.82 Å². The average Bonchev–Trinajstić information content (AvgIpc) is 2.48. The Labute approximate surface area is 143 Å². The third-order valence-electron chi connectivity index (χ3n) is 4.34. The highest BCUT2D eigenvalue weighted by Gasteiger charge is 2.23. The Hall–Kier alpha value is -1.12. The minimum atomic E-state index is 0.346. The Bertz CT molecular complexity index is 431. The van der Waals surface area contributed by atoms with Gasteiger partial charge in [-0.2, -0.15) is 0 Å². The topological polar surface area (TPSA) is 29.0 Å². The maximum absolute atomic E-state index is 4.70. The van der Waals surface area contributed by atoms with Crippen molar-refractivity contribution in [1.82, 2.24) is 9.97 Å². The number of rotatable bonds is 10. The van der Waals surface area contributed by atoms with E-state index in [2.05, 4.69) is 51.4 Å². The van der Waals surface area contributed by atoms with Gasteiger partial charge in [0.05, 0.1) is 0 Å². The Morgan fingerprint density at radius 3 is 2.22 bits per heavy atom. The van der Waals surface area contributed by atoms with Gasteiger partial charge in [-0.25, -0.2) is 9.97 Å². The monoisotopic (exact) mass is 319 g/mol. The molecule has 0 bridgehead atoms. The number of aryl methyl sites for hydroxylation is 1. The summed E-state index contributed by atoms with van der Waals surface area (Å²) >= 11 is 0. The number of nitrogens with zero attached hydrogens (tertiary/aromatic N) is 3. The van der Waals surface area contributed by atoms with Gasteiger partial charge in [-0.05, 0) is 31.1 Å². The highest BCUT2D eigenvalue weighted by atomic mass is 15.2. The van der Waals surface area contributed by atoms with Gasteiger partial charge >= 0.3 is 0 Å². The Morgan fingerprint density at radius 1 is 1.04 bits per heavy atom. The van der Waals surface area contributed by atoms with Gasteiger partial charge in [-0.3, -0.25) is 0 Å². The summed E-state index contributed by atoms with van der Waals surface area (Å²) in [5.41, 5.74) is 1.65. The molecule has 1 rings (SSSR count). The Kier molecular flexibility index (Phi) is 8.57. The summed E-state index contributed by atoms with van der Waals surface area (Å²) in [6.45, 7) is 14.9. The summed E-state index contributed by atoms with van der Waals surface area (Å²) in [5.74, 6) is 1.18. The van der Waals surface area contributed by atoms with Crippen molar-refractivity contribution in [3.05, 3.63) is 18.1 Å². The van der Waals surface area contributed by atoms with Crippen LogP contribution in [0.3, 0.4) is 0 Å². The lowest BCUT2D eigenvalue weighted by Crippen LogP contribution is -2.39. The van der Waals surface area contributed by atoms with Crippen LogP contribution in [0.25, 0.3) is 0 Å². The molecule has 23 heavy (non-hydrogen) atoms. The lowest BCUT2D eigenvalue weighted by atomic mass is 9.91. The van der Waals surface area contributed by atoms with Crippen molar-refractivity contribution in [2.75, 3.05) is 11.4 Å². The molecule has 3 heteroatoms. The zero-order valence-corrected chi connectivity index (χ0v) is 16.2. The molecule has 0 N–H and O–H groups in total. The molecule has 0 aliphatic carbocycles. The van der Waals surface area contributed by atoms with E-state index >= 15 is 0 Å². The average molecular weight is 320 g/mol. The van der Waals surface area contributed by atoms with Crippen molar-refractivity contribution >= 4 is 5.82 Å². The van der Waals surface area contributed by atoms with Crippen LogP contribution in [0.5, 0.6) is 0 Å². The number of hydrogen-bond acceptors (Lipinski definition) is 3. The van der Waals surface area contributed by atoms with Crippen LogP contribution in [0.15, 0.2) is 12.5 Å². The highest BCUT2D eigenvalue weighted by molar-refractivity contribution is 5.46. The molecule has 0 saturated carbocycles. The van der Waals surface area contributed by atoms with E-state index in [1.807, 2.05) is 6.20 Å². The first-order valence-electron chi connectivity index (χ1n) is 9.48. The number of aromatic nitrogens is 2. The molecule has 0 fully saturated rings. The Balaban J connectivity index is 3.10. The fraction of sp³-hybridized carbons (Fsp3) is 0.800. The number of anilines is 1. The van der Waals surface area contributed by atoms with E-state index < -0.39 is 0 Å². The molecule has 0 radical (unpaired) electrons. The SMILES string of the molecule is CCCc1cncnc1N(CCC(C)(C)C)C(CCC)CCC. The second-order valence-corrected chi connectivity index (χ2v) is 7.86. The normalized spacial score (nSPS) is 12.0. The fourth-order valence-corrected chi connectivity index (χ4v) is 3.10. The molecule has 1 aromatic rings. The van der Waals surface area contributed by atoms with Gasteiger partial charge in [0.2, 0.25) is 0 Å². The van der Waals surface area contributed by atoms with Gasteiger partial charge in [0.25, 0.3) is 0 Å². The van der Waals surface area contributed by atoms with Gasteiger partial charge in [0, 0.05) is 24.3 Å². The second kappa shape index (κ2) is 9.89.